The third kappa shape index (κ3) is 7.40. The summed E-state index contributed by atoms with van der Waals surface area (Å²) in [4.78, 5) is 5.48. The van der Waals surface area contributed by atoms with Crippen LogP contribution in [0.1, 0.15) is 74.1 Å². The fourth-order valence-corrected chi connectivity index (χ4v) is 2.10. The lowest BCUT2D eigenvalue weighted by molar-refractivity contribution is 0.133. The second-order valence-electron chi connectivity index (χ2n) is 6.83. The van der Waals surface area contributed by atoms with Gasteiger partial charge in [0.25, 0.3) is 0 Å². The molecule has 0 aromatic rings. The van der Waals surface area contributed by atoms with E-state index >= 15 is 0 Å². The Balaban J connectivity index is 4.24. The molecule has 0 bridgehead atoms. The van der Waals surface area contributed by atoms with Crippen LogP contribution in [0.5, 0.6) is 0 Å². The van der Waals surface area contributed by atoms with Crippen LogP contribution in [0.2, 0.25) is 0 Å². The predicted molar refractivity (Wildman–Crippen MR) is 76.4 cm³/mol. The van der Waals surface area contributed by atoms with Crippen molar-refractivity contribution in [3.05, 3.63) is 0 Å². The molecule has 0 aromatic carbocycles. The topological polar surface area (TPSA) is 21.6 Å². The molecule has 0 heterocycles. The molecule has 0 atom stereocenters. The summed E-state index contributed by atoms with van der Waals surface area (Å²) in [6.07, 6.45) is 4.91. The molecule has 0 aliphatic heterocycles. The molecule has 0 fully saturated rings. The van der Waals surface area contributed by atoms with Gasteiger partial charge in [0.1, 0.15) is 6.61 Å². The standard InChI is InChI=1S/C15H31NO/c1-8-9-10-11-12-17-16-13(14(2,3)4)15(5,6)7/h8-12H2,1-7H3. The monoisotopic (exact) mass is 241 g/mol. The van der Waals surface area contributed by atoms with Crippen molar-refractivity contribution in [1.29, 1.82) is 0 Å². The van der Waals surface area contributed by atoms with Gasteiger partial charge >= 0.3 is 0 Å². The van der Waals surface area contributed by atoms with Gasteiger partial charge in [0, 0.05) is 10.8 Å². The molecule has 0 saturated heterocycles. The van der Waals surface area contributed by atoms with Crippen LogP contribution >= 0.6 is 0 Å². The average molecular weight is 241 g/mol. The minimum absolute atomic E-state index is 0.0711. The Bertz CT molecular complexity index is 214. The van der Waals surface area contributed by atoms with Crippen molar-refractivity contribution in [2.45, 2.75) is 74.1 Å². The molecule has 2 heteroatoms. The zero-order valence-corrected chi connectivity index (χ0v) is 12.9. The van der Waals surface area contributed by atoms with Crippen molar-refractivity contribution < 1.29 is 4.84 Å². The first kappa shape index (κ1) is 16.5. The molecule has 0 spiro atoms. The summed E-state index contributed by atoms with van der Waals surface area (Å²) in [5.74, 6) is 0. The second-order valence-corrected chi connectivity index (χ2v) is 6.83. The van der Waals surface area contributed by atoms with Crippen LogP contribution < -0.4 is 0 Å². The molecular weight excluding hydrogens is 210 g/mol. The van der Waals surface area contributed by atoms with E-state index in [2.05, 4.69) is 53.6 Å². The van der Waals surface area contributed by atoms with Gasteiger partial charge in [-0.3, -0.25) is 0 Å². The molecule has 17 heavy (non-hydrogen) atoms. The normalized spacial score (nSPS) is 12.4. The Morgan fingerprint density at radius 2 is 1.41 bits per heavy atom. The molecule has 0 rings (SSSR count). The molecule has 102 valence electrons. The first-order valence-electron chi connectivity index (χ1n) is 6.90. The lowest BCUT2D eigenvalue weighted by Crippen LogP contribution is -2.33. The third-order valence-electron chi connectivity index (χ3n) is 2.67. The highest BCUT2D eigenvalue weighted by molar-refractivity contribution is 5.93. The second kappa shape index (κ2) is 7.03. The van der Waals surface area contributed by atoms with E-state index in [9.17, 15) is 0 Å². The van der Waals surface area contributed by atoms with Gasteiger partial charge in [-0.25, -0.2) is 0 Å². The first-order chi connectivity index (χ1) is 7.69. The van der Waals surface area contributed by atoms with E-state index in [1.165, 1.54) is 19.3 Å². The van der Waals surface area contributed by atoms with Crippen LogP contribution in [0, 0.1) is 10.8 Å². The zero-order valence-electron chi connectivity index (χ0n) is 12.9. The Morgan fingerprint density at radius 3 is 1.82 bits per heavy atom. The van der Waals surface area contributed by atoms with Crippen molar-refractivity contribution in [2.75, 3.05) is 6.61 Å². The Morgan fingerprint density at radius 1 is 0.882 bits per heavy atom. The van der Waals surface area contributed by atoms with Gasteiger partial charge in [0.15, 0.2) is 0 Å². The van der Waals surface area contributed by atoms with Crippen LogP contribution in [-0.4, -0.2) is 12.3 Å². The van der Waals surface area contributed by atoms with Crippen LogP contribution in [0.3, 0.4) is 0 Å². The molecule has 0 aliphatic carbocycles. The maximum atomic E-state index is 5.48. The maximum Gasteiger partial charge on any atom is 0.117 e. The summed E-state index contributed by atoms with van der Waals surface area (Å²) in [7, 11) is 0. The highest BCUT2D eigenvalue weighted by atomic mass is 16.6. The quantitative estimate of drug-likeness (QED) is 0.363. The molecule has 0 radical (unpaired) electrons. The SMILES string of the molecule is CCCCCCON=C(C(C)(C)C)C(C)(C)C. The van der Waals surface area contributed by atoms with E-state index in [0.717, 1.165) is 18.7 Å². The summed E-state index contributed by atoms with van der Waals surface area (Å²) in [5, 5.41) is 4.38. The molecule has 2 nitrogen and oxygen atoms in total. The van der Waals surface area contributed by atoms with E-state index in [4.69, 9.17) is 4.84 Å². The average Bonchev–Trinajstić information content (AvgIpc) is 2.12. The maximum absolute atomic E-state index is 5.48. The largest absolute Gasteiger partial charge is 0.396 e. The van der Waals surface area contributed by atoms with Crippen molar-refractivity contribution in [3.63, 3.8) is 0 Å². The molecule has 0 aromatic heterocycles. The number of unbranched alkanes of at least 4 members (excludes halogenated alkanes) is 3. The van der Waals surface area contributed by atoms with E-state index in [0.29, 0.717) is 0 Å². The number of hydrogen-bond acceptors (Lipinski definition) is 2. The minimum Gasteiger partial charge on any atom is -0.396 e. The van der Waals surface area contributed by atoms with Gasteiger partial charge in [-0.05, 0) is 12.8 Å². The number of nitrogens with zero attached hydrogens (tertiary/aromatic N) is 1. The van der Waals surface area contributed by atoms with Crippen LogP contribution in [0.4, 0.5) is 0 Å². The zero-order chi connectivity index (χ0) is 13.5. The van der Waals surface area contributed by atoms with Crippen LogP contribution in [0.15, 0.2) is 5.16 Å². The number of hydrogen-bond donors (Lipinski definition) is 0. The minimum atomic E-state index is 0.0711. The van der Waals surface area contributed by atoms with Crippen molar-refractivity contribution in [1.82, 2.24) is 0 Å². The van der Waals surface area contributed by atoms with E-state index in [1.54, 1.807) is 0 Å². The third-order valence-corrected chi connectivity index (χ3v) is 2.67. The van der Waals surface area contributed by atoms with E-state index in [-0.39, 0.29) is 10.8 Å². The van der Waals surface area contributed by atoms with Gasteiger partial charge < -0.3 is 4.84 Å². The Labute approximate surface area is 108 Å². The fourth-order valence-electron chi connectivity index (χ4n) is 2.10. The molecule has 0 N–H and O–H groups in total. The summed E-state index contributed by atoms with van der Waals surface area (Å²) in [6.45, 7) is 16.1. The van der Waals surface area contributed by atoms with E-state index in [1.807, 2.05) is 0 Å². The van der Waals surface area contributed by atoms with Crippen molar-refractivity contribution >= 4 is 5.71 Å². The number of oxime groups is 1. The summed E-state index contributed by atoms with van der Waals surface area (Å²) in [6, 6.07) is 0. The Kier molecular flexibility index (Phi) is 6.81. The van der Waals surface area contributed by atoms with Gasteiger partial charge in [-0.15, -0.1) is 0 Å². The fraction of sp³-hybridized carbons (Fsp3) is 0.933. The molecule has 0 amide bonds. The lowest BCUT2D eigenvalue weighted by atomic mass is 9.75. The van der Waals surface area contributed by atoms with E-state index < -0.39 is 0 Å². The number of rotatable bonds is 6. The smallest absolute Gasteiger partial charge is 0.117 e. The van der Waals surface area contributed by atoms with Crippen LogP contribution in [-0.2, 0) is 4.84 Å². The summed E-state index contributed by atoms with van der Waals surface area (Å²) in [5.41, 5.74) is 1.28. The first-order valence-corrected chi connectivity index (χ1v) is 6.90. The van der Waals surface area contributed by atoms with Gasteiger partial charge in [-0.2, -0.15) is 0 Å². The lowest BCUT2D eigenvalue weighted by Gasteiger charge is -2.31. The summed E-state index contributed by atoms with van der Waals surface area (Å²) >= 11 is 0. The highest BCUT2D eigenvalue weighted by Gasteiger charge is 2.30. The van der Waals surface area contributed by atoms with Gasteiger partial charge in [0.05, 0.1) is 5.71 Å². The van der Waals surface area contributed by atoms with Crippen molar-refractivity contribution in [3.8, 4) is 0 Å². The molecule has 0 aliphatic rings. The predicted octanol–water partition coefficient (Wildman–Crippen LogP) is 5.03. The Hall–Kier alpha value is -0.530. The molecule has 0 saturated carbocycles. The molecular formula is C15H31NO. The van der Waals surface area contributed by atoms with Gasteiger partial charge in [0.2, 0.25) is 0 Å². The highest BCUT2D eigenvalue weighted by Crippen LogP contribution is 2.30. The van der Waals surface area contributed by atoms with Crippen LogP contribution in [0.25, 0.3) is 0 Å². The molecule has 0 unspecified atom stereocenters. The van der Waals surface area contributed by atoms with Gasteiger partial charge in [-0.1, -0.05) is 66.5 Å². The van der Waals surface area contributed by atoms with Crippen molar-refractivity contribution in [2.24, 2.45) is 16.0 Å². The summed E-state index contributed by atoms with van der Waals surface area (Å²) < 4.78 is 0.